The van der Waals surface area contributed by atoms with Crippen LogP contribution in [0.25, 0.3) is 0 Å². The normalized spacial score (nSPS) is 14.2. The van der Waals surface area contributed by atoms with E-state index in [4.69, 9.17) is 10.5 Å². The highest BCUT2D eigenvalue weighted by Crippen LogP contribution is 2.32. The fourth-order valence-corrected chi connectivity index (χ4v) is 3.24. The highest BCUT2D eigenvalue weighted by Gasteiger charge is 2.20. The monoisotopic (exact) mass is 325 g/mol. The molecule has 1 aromatic carbocycles. The van der Waals surface area contributed by atoms with Gasteiger partial charge >= 0.3 is 0 Å². The first kappa shape index (κ1) is 13.6. The molecule has 0 saturated carbocycles. The minimum absolute atomic E-state index is 0.0585. The fraction of sp³-hybridized carbons (Fsp3) is 0.286. The number of benzene rings is 1. The second-order valence-electron chi connectivity index (χ2n) is 4.35. The first-order valence-corrected chi connectivity index (χ1v) is 7.41. The summed E-state index contributed by atoms with van der Waals surface area (Å²) in [6.45, 7) is 4.02. The Labute approximate surface area is 120 Å². The lowest BCUT2D eigenvalue weighted by Gasteiger charge is -2.21. The van der Waals surface area contributed by atoms with E-state index in [2.05, 4.69) is 28.9 Å². The first-order valence-electron chi connectivity index (χ1n) is 5.80. The maximum atomic E-state index is 6.02. The minimum atomic E-state index is -0.107. The van der Waals surface area contributed by atoms with Crippen LogP contribution >= 0.6 is 27.3 Å². The van der Waals surface area contributed by atoms with E-state index < -0.39 is 0 Å². The first-order chi connectivity index (χ1) is 8.56. The van der Waals surface area contributed by atoms with Gasteiger partial charge in [-0.3, -0.25) is 0 Å². The molecule has 2 nitrogen and oxygen atoms in total. The molecular weight excluding hydrogens is 310 g/mol. The van der Waals surface area contributed by atoms with E-state index in [-0.39, 0.29) is 12.1 Å². The van der Waals surface area contributed by atoms with Gasteiger partial charge < -0.3 is 10.5 Å². The summed E-state index contributed by atoms with van der Waals surface area (Å²) in [5.41, 5.74) is 7.24. The quantitative estimate of drug-likeness (QED) is 0.910. The summed E-state index contributed by atoms with van der Waals surface area (Å²) < 4.78 is 7.09. The Morgan fingerprint density at radius 3 is 2.33 bits per heavy atom. The molecule has 2 atom stereocenters. The average Bonchev–Trinajstić information content (AvgIpc) is 2.74. The molecule has 0 fully saturated rings. The molecule has 2 unspecified atom stereocenters. The molecule has 0 bridgehead atoms. The van der Waals surface area contributed by atoms with Crippen LogP contribution in [0.1, 0.15) is 23.5 Å². The van der Waals surface area contributed by atoms with Gasteiger partial charge in [-0.25, -0.2) is 0 Å². The number of halogens is 1. The molecule has 0 radical (unpaired) electrons. The Kier molecular flexibility index (Phi) is 4.43. The largest absolute Gasteiger partial charge is 0.483 e. The van der Waals surface area contributed by atoms with Crippen molar-refractivity contribution in [2.45, 2.75) is 26.0 Å². The van der Waals surface area contributed by atoms with Crippen molar-refractivity contribution >= 4 is 27.3 Å². The van der Waals surface area contributed by atoms with Crippen molar-refractivity contribution in [3.05, 3.63) is 50.6 Å². The molecule has 0 aliphatic heterocycles. The van der Waals surface area contributed by atoms with Gasteiger partial charge in [-0.05, 0) is 54.0 Å². The van der Waals surface area contributed by atoms with Gasteiger partial charge in [-0.1, -0.05) is 17.7 Å². The molecule has 96 valence electrons. The van der Waals surface area contributed by atoms with Crippen LogP contribution in [-0.2, 0) is 0 Å². The van der Waals surface area contributed by atoms with Crippen LogP contribution in [0, 0.1) is 6.92 Å². The summed E-state index contributed by atoms with van der Waals surface area (Å²) in [6.07, 6.45) is -0.107. The van der Waals surface area contributed by atoms with Gasteiger partial charge in [0.1, 0.15) is 11.9 Å². The van der Waals surface area contributed by atoms with E-state index in [9.17, 15) is 0 Å². The zero-order valence-electron chi connectivity index (χ0n) is 10.4. The zero-order chi connectivity index (χ0) is 13.1. The van der Waals surface area contributed by atoms with E-state index in [0.29, 0.717) is 0 Å². The van der Waals surface area contributed by atoms with Crippen LogP contribution in [0.2, 0.25) is 0 Å². The van der Waals surface area contributed by atoms with E-state index in [0.717, 1.165) is 14.4 Å². The van der Waals surface area contributed by atoms with Crippen molar-refractivity contribution in [1.29, 1.82) is 0 Å². The third kappa shape index (κ3) is 3.34. The molecule has 2 N–H and O–H groups in total. The third-order valence-corrected chi connectivity index (χ3v) is 4.32. The predicted octanol–water partition coefficient (Wildman–Crippen LogP) is 4.29. The standard InChI is InChI=1S/C14H16BrNOS/c1-9-3-5-11(6-4-9)17-14(10(2)16)12-7-8-13(15)18-12/h3-8,10,14H,16H2,1-2H3. The number of hydrogen-bond donors (Lipinski definition) is 1. The summed E-state index contributed by atoms with van der Waals surface area (Å²) >= 11 is 5.12. The molecule has 2 rings (SSSR count). The van der Waals surface area contributed by atoms with E-state index in [1.54, 1.807) is 11.3 Å². The summed E-state index contributed by atoms with van der Waals surface area (Å²) in [5, 5.41) is 0. The third-order valence-electron chi connectivity index (χ3n) is 2.64. The lowest BCUT2D eigenvalue weighted by Crippen LogP contribution is -2.28. The van der Waals surface area contributed by atoms with Gasteiger partial charge in [0.25, 0.3) is 0 Å². The summed E-state index contributed by atoms with van der Waals surface area (Å²) in [6, 6.07) is 12.1. The second-order valence-corrected chi connectivity index (χ2v) is 6.85. The number of aryl methyl sites for hydroxylation is 1. The van der Waals surface area contributed by atoms with Crippen molar-refractivity contribution in [2.24, 2.45) is 5.73 Å². The van der Waals surface area contributed by atoms with Gasteiger partial charge in [-0.15, -0.1) is 11.3 Å². The highest BCUT2D eigenvalue weighted by atomic mass is 79.9. The average molecular weight is 326 g/mol. The van der Waals surface area contributed by atoms with E-state index >= 15 is 0 Å². The Morgan fingerprint density at radius 1 is 1.17 bits per heavy atom. The lowest BCUT2D eigenvalue weighted by atomic mass is 10.1. The topological polar surface area (TPSA) is 35.2 Å². The van der Waals surface area contributed by atoms with Crippen LogP contribution in [-0.4, -0.2) is 6.04 Å². The van der Waals surface area contributed by atoms with Crippen LogP contribution in [0.3, 0.4) is 0 Å². The van der Waals surface area contributed by atoms with Gasteiger partial charge in [0.2, 0.25) is 0 Å². The molecule has 0 saturated heterocycles. The fourth-order valence-electron chi connectivity index (χ4n) is 1.67. The Balaban J connectivity index is 2.19. The molecule has 0 aliphatic carbocycles. The molecule has 2 aromatic rings. The van der Waals surface area contributed by atoms with Crippen LogP contribution in [0.5, 0.6) is 5.75 Å². The maximum Gasteiger partial charge on any atom is 0.148 e. The van der Waals surface area contributed by atoms with Crippen molar-refractivity contribution in [1.82, 2.24) is 0 Å². The SMILES string of the molecule is Cc1ccc(OC(c2ccc(Br)s2)C(C)N)cc1. The van der Waals surface area contributed by atoms with Crippen LogP contribution in [0.4, 0.5) is 0 Å². The molecule has 4 heteroatoms. The van der Waals surface area contributed by atoms with Gasteiger partial charge in [0.15, 0.2) is 0 Å². The molecule has 0 amide bonds. The smallest absolute Gasteiger partial charge is 0.148 e. The van der Waals surface area contributed by atoms with Crippen molar-refractivity contribution < 1.29 is 4.74 Å². The van der Waals surface area contributed by atoms with E-state index in [1.807, 2.05) is 37.3 Å². The van der Waals surface area contributed by atoms with Crippen molar-refractivity contribution in [2.75, 3.05) is 0 Å². The van der Waals surface area contributed by atoms with Crippen LogP contribution < -0.4 is 10.5 Å². The van der Waals surface area contributed by atoms with Crippen molar-refractivity contribution in [3.8, 4) is 5.75 Å². The molecule has 0 aliphatic rings. The Bertz CT molecular complexity index is 507. The van der Waals surface area contributed by atoms with E-state index in [1.165, 1.54) is 5.56 Å². The number of nitrogens with two attached hydrogens (primary N) is 1. The minimum Gasteiger partial charge on any atom is -0.483 e. The van der Waals surface area contributed by atoms with Crippen LogP contribution in [0.15, 0.2) is 40.2 Å². The molecule has 18 heavy (non-hydrogen) atoms. The number of rotatable bonds is 4. The zero-order valence-corrected chi connectivity index (χ0v) is 12.8. The molecule has 1 aromatic heterocycles. The highest BCUT2D eigenvalue weighted by molar-refractivity contribution is 9.11. The molecule has 1 heterocycles. The molecule has 0 spiro atoms. The Morgan fingerprint density at radius 2 is 1.83 bits per heavy atom. The second kappa shape index (κ2) is 5.87. The number of thiophene rings is 1. The summed E-state index contributed by atoms with van der Waals surface area (Å²) in [5.74, 6) is 0.854. The number of hydrogen-bond acceptors (Lipinski definition) is 3. The number of ether oxygens (including phenoxy) is 1. The maximum absolute atomic E-state index is 6.02. The molecular formula is C14H16BrNOS. The lowest BCUT2D eigenvalue weighted by molar-refractivity contribution is 0.184. The summed E-state index contributed by atoms with van der Waals surface area (Å²) in [4.78, 5) is 1.14. The van der Waals surface area contributed by atoms with Crippen molar-refractivity contribution in [3.63, 3.8) is 0 Å². The van der Waals surface area contributed by atoms with Gasteiger partial charge in [-0.2, -0.15) is 0 Å². The Hall–Kier alpha value is -0.840. The van der Waals surface area contributed by atoms with Gasteiger partial charge in [0, 0.05) is 10.9 Å². The predicted molar refractivity (Wildman–Crippen MR) is 80.2 cm³/mol. The summed E-state index contributed by atoms with van der Waals surface area (Å²) in [7, 11) is 0. The van der Waals surface area contributed by atoms with Gasteiger partial charge in [0.05, 0.1) is 3.79 Å².